The molecule has 4 nitrogen and oxygen atoms in total. The quantitative estimate of drug-likeness (QED) is 0.763. The number of aromatic hydroxyl groups is 1. The van der Waals surface area contributed by atoms with Crippen LogP contribution >= 0.6 is 15.9 Å². The van der Waals surface area contributed by atoms with Crippen LogP contribution in [-0.2, 0) is 12.8 Å². The highest BCUT2D eigenvalue weighted by Gasteiger charge is 2.38. The molecule has 2 unspecified atom stereocenters. The molecule has 1 aromatic heterocycles. The zero-order valence-electron chi connectivity index (χ0n) is 13.7. The molecular weight excluding hydrogens is 378 g/mol. The fourth-order valence-electron chi connectivity index (χ4n) is 4.27. The second kappa shape index (κ2) is 5.70. The molecule has 2 aromatic rings. The molecule has 0 spiro atoms. The molecule has 0 radical (unpaired) electrons. The average Bonchev–Trinajstić information content (AvgIpc) is 3.03. The predicted octanol–water partition coefficient (Wildman–Crippen LogP) is 4.12. The Morgan fingerprint density at radius 3 is 2.64 bits per heavy atom. The fraction of sp³-hybridized carbons (Fsp3) is 0.300. The van der Waals surface area contributed by atoms with E-state index in [1.54, 1.807) is 12.1 Å². The average molecular weight is 396 g/mol. The lowest BCUT2D eigenvalue weighted by molar-refractivity contribution is 0.475. The lowest BCUT2D eigenvalue weighted by atomic mass is 9.77. The highest BCUT2D eigenvalue weighted by Crippen LogP contribution is 2.43. The summed E-state index contributed by atoms with van der Waals surface area (Å²) < 4.78 is 0.968. The first-order valence-corrected chi connectivity index (χ1v) is 9.53. The number of phenolic OH excluding ortho intramolecular Hbond substituents is 1. The van der Waals surface area contributed by atoms with Gasteiger partial charge in [0.15, 0.2) is 0 Å². The van der Waals surface area contributed by atoms with Crippen LogP contribution < -0.4 is 5.43 Å². The summed E-state index contributed by atoms with van der Waals surface area (Å²) in [5.41, 5.74) is 10.6. The number of rotatable bonds is 1. The monoisotopic (exact) mass is 395 g/mol. The second-order valence-electron chi connectivity index (χ2n) is 6.90. The maximum Gasteiger partial charge on any atom is 0.115 e. The summed E-state index contributed by atoms with van der Waals surface area (Å²) in [7, 11) is 0. The Hall–Kier alpha value is -2.14. The van der Waals surface area contributed by atoms with E-state index in [1.165, 1.54) is 29.5 Å². The second-order valence-corrected chi connectivity index (χ2v) is 7.71. The molecule has 5 rings (SSSR count). The van der Waals surface area contributed by atoms with Crippen molar-refractivity contribution in [3.05, 3.63) is 52.7 Å². The van der Waals surface area contributed by atoms with Crippen LogP contribution in [0.1, 0.15) is 41.1 Å². The first-order chi connectivity index (χ1) is 12.2. The smallest absolute Gasteiger partial charge is 0.115 e. The molecule has 1 aliphatic heterocycles. The molecule has 2 aliphatic carbocycles. The van der Waals surface area contributed by atoms with Gasteiger partial charge in [0.05, 0.1) is 23.3 Å². The molecule has 1 aromatic carbocycles. The summed E-state index contributed by atoms with van der Waals surface area (Å²) >= 11 is 3.65. The molecule has 126 valence electrons. The van der Waals surface area contributed by atoms with Gasteiger partial charge in [0.25, 0.3) is 0 Å². The fourth-order valence-corrected chi connectivity index (χ4v) is 4.89. The van der Waals surface area contributed by atoms with E-state index in [2.05, 4.69) is 38.6 Å². The summed E-state index contributed by atoms with van der Waals surface area (Å²) in [6.45, 7) is 0. The molecule has 3 aliphatic rings. The Balaban J connectivity index is 1.75. The number of pyridine rings is 1. The maximum absolute atomic E-state index is 9.61. The number of hydrogen-bond acceptors (Lipinski definition) is 4. The van der Waals surface area contributed by atoms with Gasteiger partial charge in [0.2, 0.25) is 0 Å². The Labute approximate surface area is 154 Å². The minimum atomic E-state index is 0.217. The van der Waals surface area contributed by atoms with Crippen molar-refractivity contribution >= 4 is 26.6 Å². The molecular formula is C20H18BrN3O. The van der Waals surface area contributed by atoms with Crippen molar-refractivity contribution in [2.75, 3.05) is 0 Å². The lowest BCUT2D eigenvalue weighted by Gasteiger charge is -2.30. The van der Waals surface area contributed by atoms with Crippen molar-refractivity contribution in [2.45, 2.75) is 37.6 Å². The number of benzene rings is 1. The topological polar surface area (TPSA) is 57.5 Å². The summed E-state index contributed by atoms with van der Waals surface area (Å²) in [6.07, 6.45) is 8.88. The molecule has 2 atom stereocenters. The van der Waals surface area contributed by atoms with Crippen molar-refractivity contribution < 1.29 is 5.11 Å². The largest absolute Gasteiger partial charge is 0.508 e. The van der Waals surface area contributed by atoms with Gasteiger partial charge in [-0.2, -0.15) is 5.10 Å². The van der Waals surface area contributed by atoms with Gasteiger partial charge in [0, 0.05) is 5.56 Å². The van der Waals surface area contributed by atoms with Gasteiger partial charge in [0.1, 0.15) is 10.4 Å². The number of aromatic nitrogens is 1. The van der Waals surface area contributed by atoms with Gasteiger partial charge in [-0.25, -0.2) is 4.98 Å². The number of fused-ring (bicyclic) bond motifs is 5. The van der Waals surface area contributed by atoms with Gasteiger partial charge in [-0.05, 0) is 88.6 Å². The van der Waals surface area contributed by atoms with E-state index in [0.29, 0.717) is 0 Å². The Kier molecular flexibility index (Phi) is 3.45. The van der Waals surface area contributed by atoms with E-state index in [0.717, 1.165) is 34.4 Å². The van der Waals surface area contributed by atoms with E-state index >= 15 is 0 Å². The molecule has 25 heavy (non-hydrogen) atoms. The van der Waals surface area contributed by atoms with Crippen LogP contribution in [-0.4, -0.2) is 20.8 Å². The SMILES string of the molecule is Oc1ccc(-c2nc3c(c4c2CCCC4)C2C(Br)=NNC2C=C3)cc1. The van der Waals surface area contributed by atoms with Gasteiger partial charge in [-0.15, -0.1) is 0 Å². The van der Waals surface area contributed by atoms with E-state index in [4.69, 9.17) is 4.98 Å². The highest BCUT2D eigenvalue weighted by atomic mass is 79.9. The van der Waals surface area contributed by atoms with Crippen LogP contribution in [0.15, 0.2) is 35.4 Å². The summed E-state index contributed by atoms with van der Waals surface area (Å²) in [6, 6.07) is 7.61. The van der Waals surface area contributed by atoms with E-state index in [1.807, 2.05) is 12.1 Å². The van der Waals surface area contributed by atoms with Crippen LogP contribution in [0.5, 0.6) is 5.75 Å². The Morgan fingerprint density at radius 1 is 1.08 bits per heavy atom. The number of halogens is 1. The van der Waals surface area contributed by atoms with Gasteiger partial charge >= 0.3 is 0 Å². The third-order valence-corrected chi connectivity index (χ3v) is 6.11. The van der Waals surface area contributed by atoms with Crippen molar-refractivity contribution in [1.29, 1.82) is 0 Å². The third-order valence-electron chi connectivity index (χ3n) is 5.44. The first kappa shape index (κ1) is 15.1. The molecule has 0 amide bonds. The number of nitrogens with one attached hydrogen (secondary N) is 1. The standard InChI is InChI=1S/C20H18BrN3O/c21-20-18-16(23-24-20)10-9-15-17(18)13-3-1-2-4-14(13)19(22-15)11-5-7-12(25)8-6-11/h5-10,16,18,23,25H,1-4H2. The van der Waals surface area contributed by atoms with Crippen LogP contribution in [0, 0.1) is 0 Å². The van der Waals surface area contributed by atoms with Crippen molar-refractivity contribution in [3.8, 4) is 17.0 Å². The number of phenols is 1. The molecule has 0 saturated heterocycles. The van der Waals surface area contributed by atoms with Crippen LogP contribution in [0.2, 0.25) is 0 Å². The van der Waals surface area contributed by atoms with E-state index in [-0.39, 0.29) is 17.7 Å². The van der Waals surface area contributed by atoms with E-state index in [9.17, 15) is 5.11 Å². The number of hydrazone groups is 1. The molecule has 2 heterocycles. The molecule has 0 bridgehead atoms. The molecule has 0 fully saturated rings. The zero-order chi connectivity index (χ0) is 17.0. The maximum atomic E-state index is 9.61. The van der Waals surface area contributed by atoms with Gasteiger partial charge in [-0.3, -0.25) is 0 Å². The van der Waals surface area contributed by atoms with Crippen molar-refractivity contribution in [1.82, 2.24) is 10.4 Å². The van der Waals surface area contributed by atoms with Gasteiger partial charge < -0.3 is 10.5 Å². The van der Waals surface area contributed by atoms with E-state index < -0.39 is 0 Å². The minimum Gasteiger partial charge on any atom is -0.508 e. The lowest BCUT2D eigenvalue weighted by Crippen LogP contribution is -2.30. The van der Waals surface area contributed by atoms with Crippen molar-refractivity contribution in [2.24, 2.45) is 5.10 Å². The van der Waals surface area contributed by atoms with Crippen molar-refractivity contribution in [3.63, 3.8) is 0 Å². The molecule has 0 saturated carbocycles. The first-order valence-electron chi connectivity index (χ1n) is 8.74. The van der Waals surface area contributed by atoms with Crippen LogP contribution in [0.3, 0.4) is 0 Å². The minimum absolute atomic E-state index is 0.217. The molecule has 2 N–H and O–H groups in total. The summed E-state index contributed by atoms with van der Waals surface area (Å²) in [4.78, 5) is 5.05. The van der Waals surface area contributed by atoms with Gasteiger partial charge in [-0.1, -0.05) is 6.08 Å². The Morgan fingerprint density at radius 2 is 1.84 bits per heavy atom. The normalized spacial score (nSPS) is 23.3. The van der Waals surface area contributed by atoms with Crippen LogP contribution in [0.25, 0.3) is 17.3 Å². The summed E-state index contributed by atoms with van der Waals surface area (Å²) in [5.74, 6) is 0.517. The number of hydrogen-bond donors (Lipinski definition) is 2. The summed E-state index contributed by atoms with van der Waals surface area (Å²) in [5, 5.41) is 14.0. The third kappa shape index (κ3) is 2.33. The zero-order valence-corrected chi connectivity index (χ0v) is 15.3. The predicted molar refractivity (Wildman–Crippen MR) is 103 cm³/mol. The Bertz CT molecular complexity index is 918. The molecule has 5 heteroatoms. The number of nitrogens with zero attached hydrogens (tertiary/aromatic N) is 2. The highest BCUT2D eigenvalue weighted by molar-refractivity contribution is 9.18. The van der Waals surface area contributed by atoms with Crippen LogP contribution in [0.4, 0.5) is 0 Å².